The van der Waals surface area contributed by atoms with E-state index in [4.69, 9.17) is 23.7 Å². The smallest absolute Gasteiger partial charge is 0.321 e. The van der Waals surface area contributed by atoms with Gasteiger partial charge in [0, 0.05) is 13.0 Å². The molecule has 142 valence electrons. The number of ketones is 1. The lowest BCUT2D eigenvalue weighted by Crippen LogP contribution is -2.51. The number of methoxy groups -OCH3 is 4. The van der Waals surface area contributed by atoms with Crippen LogP contribution in [0.5, 0.6) is 17.2 Å². The van der Waals surface area contributed by atoms with Gasteiger partial charge in [-0.15, -0.1) is 0 Å². The topological polar surface area (TPSA) is 97.4 Å². The summed E-state index contributed by atoms with van der Waals surface area (Å²) in [5.41, 5.74) is -0.937. The lowest BCUT2D eigenvalue weighted by Gasteiger charge is -2.35. The molecule has 1 aliphatic heterocycles. The summed E-state index contributed by atoms with van der Waals surface area (Å²) in [6, 6.07) is 1.63. The van der Waals surface area contributed by atoms with Crippen molar-refractivity contribution in [2.24, 2.45) is 11.8 Å². The molecule has 4 aliphatic rings. The van der Waals surface area contributed by atoms with E-state index in [0.29, 0.717) is 11.3 Å². The van der Waals surface area contributed by atoms with Gasteiger partial charge in [0.15, 0.2) is 17.1 Å². The van der Waals surface area contributed by atoms with Gasteiger partial charge in [-0.1, -0.05) is 6.08 Å². The molecule has 0 aromatic heterocycles. The minimum absolute atomic E-state index is 0.174. The van der Waals surface area contributed by atoms with E-state index >= 15 is 0 Å². The summed E-state index contributed by atoms with van der Waals surface area (Å²) in [6.45, 7) is 0. The van der Waals surface area contributed by atoms with E-state index in [0.717, 1.165) is 0 Å². The van der Waals surface area contributed by atoms with Gasteiger partial charge in [0.1, 0.15) is 5.92 Å². The SMILES string of the molecule is COc1cc2c(c(OC)c1OC)C(=O)C1(OC)C=CC2C2C(=O)OC(=O)C21. The van der Waals surface area contributed by atoms with Crippen molar-refractivity contribution in [3.8, 4) is 17.2 Å². The van der Waals surface area contributed by atoms with Crippen LogP contribution in [0.3, 0.4) is 0 Å². The van der Waals surface area contributed by atoms with Crippen molar-refractivity contribution in [2.45, 2.75) is 11.5 Å². The number of esters is 2. The first kappa shape index (κ1) is 17.5. The first-order valence-electron chi connectivity index (χ1n) is 8.32. The summed E-state index contributed by atoms with van der Waals surface area (Å²) in [5.74, 6) is -3.65. The predicted octanol–water partition coefficient (Wildman–Crippen LogP) is 1.26. The molecule has 1 saturated heterocycles. The van der Waals surface area contributed by atoms with Crippen molar-refractivity contribution in [1.82, 2.24) is 0 Å². The summed E-state index contributed by atoms with van der Waals surface area (Å²) in [5, 5.41) is 0. The van der Waals surface area contributed by atoms with Gasteiger partial charge in [0.2, 0.25) is 11.5 Å². The Bertz CT molecular complexity index is 901. The van der Waals surface area contributed by atoms with E-state index in [1.807, 2.05) is 0 Å². The molecule has 2 bridgehead atoms. The van der Waals surface area contributed by atoms with E-state index in [1.165, 1.54) is 28.4 Å². The number of cyclic esters (lactones) is 2. The Morgan fingerprint density at radius 3 is 2.26 bits per heavy atom. The van der Waals surface area contributed by atoms with Crippen LogP contribution in [0.1, 0.15) is 21.8 Å². The summed E-state index contributed by atoms with van der Waals surface area (Å²) in [6.07, 6.45) is 3.25. The third-order valence-corrected chi connectivity index (χ3v) is 5.63. The zero-order valence-electron chi connectivity index (χ0n) is 15.2. The number of hydrogen-bond donors (Lipinski definition) is 0. The molecule has 0 amide bonds. The Hall–Kier alpha value is -2.87. The third-order valence-electron chi connectivity index (χ3n) is 5.63. The molecule has 1 fully saturated rings. The fourth-order valence-corrected chi connectivity index (χ4v) is 4.45. The maximum atomic E-state index is 13.6. The van der Waals surface area contributed by atoms with E-state index in [-0.39, 0.29) is 17.1 Å². The van der Waals surface area contributed by atoms with Crippen LogP contribution in [0.15, 0.2) is 18.2 Å². The first-order valence-corrected chi connectivity index (χ1v) is 8.32. The summed E-state index contributed by atoms with van der Waals surface area (Å²) in [4.78, 5) is 38.5. The molecule has 1 heterocycles. The van der Waals surface area contributed by atoms with Crippen LogP contribution in [0, 0.1) is 11.8 Å². The predicted molar refractivity (Wildman–Crippen MR) is 90.1 cm³/mol. The van der Waals surface area contributed by atoms with E-state index in [2.05, 4.69) is 0 Å². The second-order valence-electron chi connectivity index (χ2n) is 6.56. The lowest BCUT2D eigenvalue weighted by molar-refractivity contribution is -0.155. The Balaban J connectivity index is 2.09. The quantitative estimate of drug-likeness (QED) is 0.441. The number of hydrogen-bond acceptors (Lipinski definition) is 8. The molecule has 0 N–H and O–H groups in total. The monoisotopic (exact) mass is 374 g/mol. The molecular formula is C19H18O8. The molecule has 8 nitrogen and oxygen atoms in total. The first-order chi connectivity index (χ1) is 12.9. The van der Waals surface area contributed by atoms with Crippen LogP contribution in [0.25, 0.3) is 0 Å². The highest BCUT2D eigenvalue weighted by Gasteiger charge is 2.66. The number of Topliss-reactive ketones (excluding diaryl/α,β-unsaturated/α-hetero) is 1. The van der Waals surface area contributed by atoms with Crippen molar-refractivity contribution in [3.05, 3.63) is 29.3 Å². The van der Waals surface area contributed by atoms with Crippen LogP contribution in [0.4, 0.5) is 0 Å². The number of allylic oxidation sites excluding steroid dienone is 1. The molecular weight excluding hydrogens is 356 g/mol. The van der Waals surface area contributed by atoms with Crippen LogP contribution >= 0.6 is 0 Å². The average molecular weight is 374 g/mol. The normalized spacial score (nSPS) is 30.5. The minimum Gasteiger partial charge on any atom is -0.493 e. The zero-order valence-corrected chi connectivity index (χ0v) is 15.2. The maximum absolute atomic E-state index is 13.6. The summed E-state index contributed by atoms with van der Waals surface area (Å²) >= 11 is 0. The maximum Gasteiger partial charge on any atom is 0.321 e. The largest absolute Gasteiger partial charge is 0.493 e. The van der Waals surface area contributed by atoms with Crippen LogP contribution < -0.4 is 14.2 Å². The highest BCUT2D eigenvalue weighted by Crippen LogP contribution is 2.56. The van der Waals surface area contributed by atoms with Crippen molar-refractivity contribution in [1.29, 1.82) is 0 Å². The molecule has 3 aliphatic carbocycles. The fraction of sp³-hybridized carbons (Fsp3) is 0.421. The summed E-state index contributed by atoms with van der Waals surface area (Å²) in [7, 11) is 5.63. The summed E-state index contributed by atoms with van der Waals surface area (Å²) < 4.78 is 26.7. The number of benzene rings is 1. The molecule has 1 aromatic carbocycles. The van der Waals surface area contributed by atoms with Gasteiger partial charge < -0.3 is 23.7 Å². The van der Waals surface area contributed by atoms with Crippen LogP contribution in [0.2, 0.25) is 0 Å². The van der Waals surface area contributed by atoms with Crippen molar-refractivity contribution >= 4 is 17.7 Å². The van der Waals surface area contributed by atoms with Crippen molar-refractivity contribution in [3.63, 3.8) is 0 Å². The average Bonchev–Trinajstić information content (AvgIpc) is 2.88. The molecule has 0 radical (unpaired) electrons. The number of carbonyl (C=O) groups excluding carboxylic acids is 3. The van der Waals surface area contributed by atoms with Gasteiger partial charge in [-0.05, 0) is 17.7 Å². The third kappa shape index (κ3) is 1.98. The highest BCUT2D eigenvalue weighted by molar-refractivity contribution is 6.14. The molecule has 0 spiro atoms. The van der Waals surface area contributed by atoms with Gasteiger partial charge in [-0.3, -0.25) is 14.4 Å². The molecule has 8 heteroatoms. The van der Waals surface area contributed by atoms with Crippen LogP contribution in [-0.4, -0.2) is 51.8 Å². The molecule has 27 heavy (non-hydrogen) atoms. The second-order valence-corrected chi connectivity index (χ2v) is 6.56. The lowest BCUT2D eigenvalue weighted by atomic mass is 9.69. The van der Waals surface area contributed by atoms with Gasteiger partial charge >= 0.3 is 11.9 Å². The second kappa shape index (κ2) is 5.82. The molecule has 0 saturated carbocycles. The number of carbonyl (C=O) groups is 3. The highest BCUT2D eigenvalue weighted by atomic mass is 16.6. The Morgan fingerprint density at radius 1 is 0.963 bits per heavy atom. The van der Waals surface area contributed by atoms with Crippen LogP contribution in [-0.2, 0) is 19.1 Å². The Kier molecular flexibility index (Phi) is 3.78. The number of rotatable bonds is 4. The van der Waals surface area contributed by atoms with E-state index in [9.17, 15) is 14.4 Å². The number of ether oxygens (including phenoxy) is 5. The fourth-order valence-electron chi connectivity index (χ4n) is 4.45. The molecule has 4 unspecified atom stereocenters. The molecule has 1 aromatic rings. The minimum atomic E-state index is -1.65. The Labute approximate surface area is 155 Å². The van der Waals surface area contributed by atoms with Gasteiger partial charge in [-0.25, -0.2) is 0 Å². The van der Waals surface area contributed by atoms with E-state index in [1.54, 1.807) is 18.2 Å². The Morgan fingerprint density at radius 2 is 1.67 bits per heavy atom. The molecule has 4 atom stereocenters. The van der Waals surface area contributed by atoms with Gasteiger partial charge in [-0.2, -0.15) is 0 Å². The van der Waals surface area contributed by atoms with Gasteiger partial charge in [0.25, 0.3) is 0 Å². The zero-order chi connectivity index (χ0) is 19.5. The van der Waals surface area contributed by atoms with Gasteiger partial charge in [0.05, 0.1) is 32.8 Å². The van der Waals surface area contributed by atoms with Crippen molar-refractivity contribution in [2.75, 3.05) is 28.4 Å². The van der Waals surface area contributed by atoms with E-state index < -0.39 is 41.1 Å². The van der Waals surface area contributed by atoms with Crippen molar-refractivity contribution < 1.29 is 38.1 Å². The standard InChI is InChI=1S/C19H18O8/c1-23-10-7-9-8-5-6-19(26-4,13-11(8)17(21)27-18(13)22)16(20)12(9)15(25-3)14(10)24-2/h5-8,11,13H,1-4H3. The molecule has 5 rings (SSSR count).